The summed E-state index contributed by atoms with van der Waals surface area (Å²) < 4.78 is 0. The average molecular weight is 163 g/mol. The first-order valence-corrected chi connectivity index (χ1v) is 4.48. The fraction of sp³-hybridized carbons (Fsp3) is 0. The maximum Gasteiger partial charge on any atom is 0.182 e. The van der Waals surface area contributed by atoms with Crippen molar-refractivity contribution in [2.45, 2.75) is 0 Å². The second-order valence-electron chi connectivity index (χ2n) is 3.32. The van der Waals surface area contributed by atoms with Gasteiger partial charge in [0.05, 0.1) is 0 Å². The van der Waals surface area contributed by atoms with Gasteiger partial charge in [0.1, 0.15) is 0 Å². The standard InChI is InChI=1S/C12H8B/c1-3-9-5-2-6-11-12(9)10(4-1)7-8-13-11/h1-8H. The summed E-state index contributed by atoms with van der Waals surface area (Å²) in [5, 5.41) is 2.71. The lowest BCUT2D eigenvalue weighted by molar-refractivity contribution is 1.73. The monoisotopic (exact) mass is 163 g/mol. The van der Waals surface area contributed by atoms with Gasteiger partial charge in [-0.1, -0.05) is 47.9 Å². The molecule has 59 valence electrons. The van der Waals surface area contributed by atoms with Gasteiger partial charge in [-0.25, -0.2) is 0 Å². The average Bonchev–Trinajstić information content (AvgIpc) is 2.19. The smallest absolute Gasteiger partial charge is 0.116 e. The van der Waals surface area contributed by atoms with Crippen LogP contribution in [0, 0.1) is 0 Å². The lowest BCUT2D eigenvalue weighted by Crippen LogP contribution is -2.16. The van der Waals surface area contributed by atoms with Gasteiger partial charge in [0.2, 0.25) is 0 Å². The van der Waals surface area contributed by atoms with E-state index >= 15 is 0 Å². The van der Waals surface area contributed by atoms with Crippen LogP contribution in [-0.2, 0) is 0 Å². The second kappa shape index (κ2) is 2.49. The molecule has 1 aliphatic heterocycles. The molecule has 0 saturated heterocycles. The van der Waals surface area contributed by atoms with Crippen LogP contribution < -0.4 is 5.46 Å². The first kappa shape index (κ1) is 6.96. The molecule has 2 aromatic carbocycles. The van der Waals surface area contributed by atoms with Crippen LogP contribution in [0.1, 0.15) is 5.56 Å². The molecule has 1 heteroatoms. The van der Waals surface area contributed by atoms with E-state index < -0.39 is 0 Å². The van der Waals surface area contributed by atoms with E-state index in [1.165, 1.54) is 21.8 Å². The Balaban J connectivity index is 2.56. The highest BCUT2D eigenvalue weighted by atomic mass is 14.0. The van der Waals surface area contributed by atoms with Crippen LogP contribution in [-0.4, -0.2) is 7.28 Å². The zero-order valence-corrected chi connectivity index (χ0v) is 7.20. The Morgan fingerprint density at radius 3 is 2.69 bits per heavy atom. The molecule has 0 aliphatic carbocycles. The van der Waals surface area contributed by atoms with Gasteiger partial charge in [-0.2, -0.15) is 0 Å². The third kappa shape index (κ3) is 0.935. The quantitative estimate of drug-likeness (QED) is 0.522. The molecule has 0 bridgehead atoms. The van der Waals surface area contributed by atoms with E-state index in [4.69, 9.17) is 0 Å². The van der Waals surface area contributed by atoms with Gasteiger partial charge in [0.15, 0.2) is 7.28 Å². The van der Waals surface area contributed by atoms with Gasteiger partial charge in [0, 0.05) is 0 Å². The molecule has 0 nitrogen and oxygen atoms in total. The van der Waals surface area contributed by atoms with E-state index in [0.717, 1.165) is 0 Å². The molecule has 1 heterocycles. The lowest BCUT2D eigenvalue weighted by Gasteiger charge is -2.11. The summed E-state index contributed by atoms with van der Waals surface area (Å²) >= 11 is 0. The van der Waals surface area contributed by atoms with Crippen molar-refractivity contribution in [3.8, 4) is 0 Å². The molecule has 3 rings (SSSR count). The van der Waals surface area contributed by atoms with Crippen molar-refractivity contribution in [3.05, 3.63) is 47.9 Å². The van der Waals surface area contributed by atoms with Crippen molar-refractivity contribution >= 4 is 29.6 Å². The minimum Gasteiger partial charge on any atom is -0.116 e. The summed E-state index contributed by atoms with van der Waals surface area (Å²) in [6.45, 7) is 0. The Labute approximate surface area is 78.1 Å². The third-order valence-corrected chi connectivity index (χ3v) is 2.52. The molecule has 0 aromatic heterocycles. The SMILES string of the molecule is [B]1C=Cc2cccc3cccc1c23. The third-order valence-electron chi connectivity index (χ3n) is 2.52. The summed E-state index contributed by atoms with van der Waals surface area (Å²) in [5.41, 5.74) is 2.66. The Morgan fingerprint density at radius 1 is 0.923 bits per heavy atom. The topological polar surface area (TPSA) is 0 Å². The van der Waals surface area contributed by atoms with Crippen molar-refractivity contribution in [1.29, 1.82) is 0 Å². The Kier molecular flexibility index (Phi) is 1.34. The van der Waals surface area contributed by atoms with E-state index in [9.17, 15) is 0 Å². The zero-order chi connectivity index (χ0) is 8.67. The molecular weight excluding hydrogens is 155 g/mol. The molecule has 13 heavy (non-hydrogen) atoms. The van der Waals surface area contributed by atoms with Crippen LogP contribution in [0.5, 0.6) is 0 Å². The maximum absolute atomic E-state index is 2.16. The fourth-order valence-corrected chi connectivity index (χ4v) is 1.93. The van der Waals surface area contributed by atoms with Crippen LogP contribution in [0.25, 0.3) is 16.8 Å². The van der Waals surface area contributed by atoms with Crippen LogP contribution in [0.3, 0.4) is 0 Å². The van der Waals surface area contributed by atoms with Crippen LogP contribution in [0.4, 0.5) is 0 Å². The molecule has 0 unspecified atom stereocenters. The van der Waals surface area contributed by atoms with Gasteiger partial charge >= 0.3 is 0 Å². The van der Waals surface area contributed by atoms with Gasteiger partial charge in [-0.3, -0.25) is 0 Å². The van der Waals surface area contributed by atoms with Crippen LogP contribution >= 0.6 is 0 Å². The molecule has 0 atom stereocenters. The van der Waals surface area contributed by atoms with Gasteiger partial charge in [0.25, 0.3) is 0 Å². The first-order valence-electron chi connectivity index (χ1n) is 4.48. The summed E-state index contributed by atoms with van der Waals surface area (Å²) in [4.78, 5) is 0. The second-order valence-corrected chi connectivity index (χ2v) is 3.32. The number of hydrogen-bond acceptors (Lipinski definition) is 0. The van der Waals surface area contributed by atoms with Crippen LogP contribution in [0.2, 0.25) is 0 Å². The molecule has 0 N–H and O–H groups in total. The molecule has 0 spiro atoms. The largest absolute Gasteiger partial charge is 0.182 e. The zero-order valence-electron chi connectivity index (χ0n) is 7.20. The summed E-state index contributed by atoms with van der Waals surface area (Å²) in [7, 11) is 2.16. The summed E-state index contributed by atoms with van der Waals surface area (Å²) in [6.07, 6.45) is 2.16. The normalized spacial score (nSPS) is 12.9. The van der Waals surface area contributed by atoms with Gasteiger partial charge in [-0.15, -0.1) is 5.98 Å². The van der Waals surface area contributed by atoms with Crippen molar-refractivity contribution in [3.63, 3.8) is 0 Å². The molecule has 1 radical (unpaired) electrons. The highest BCUT2D eigenvalue weighted by molar-refractivity contribution is 6.63. The van der Waals surface area contributed by atoms with Crippen molar-refractivity contribution in [1.82, 2.24) is 0 Å². The van der Waals surface area contributed by atoms with Crippen molar-refractivity contribution in [2.75, 3.05) is 0 Å². The van der Waals surface area contributed by atoms with Crippen molar-refractivity contribution < 1.29 is 0 Å². The highest BCUT2D eigenvalue weighted by Crippen LogP contribution is 2.20. The minimum absolute atomic E-state index is 1.33. The van der Waals surface area contributed by atoms with Gasteiger partial charge in [-0.05, 0) is 16.3 Å². The Hall–Kier alpha value is -1.50. The van der Waals surface area contributed by atoms with E-state index in [1.54, 1.807) is 0 Å². The number of hydrogen-bond donors (Lipinski definition) is 0. The predicted octanol–water partition coefficient (Wildman–Crippen LogP) is 2.15. The van der Waals surface area contributed by atoms with Gasteiger partial charge < -0.3 is 0 Å². The highest BCUT2D eigenvalue weighted by Gasteiger charge is 2.06. The van der Waals surface area contributed by atoms with E-state index in [-0.39, 0.29) is 0 Å². The lowest BCUT2D eigenvalue weighted by atomic mass is 9.65. The molecule has 0 fully saturated rings. The predicted molar refractivity (Wildman–Crippen MR) is 58.4 cm³/mol. The summed E-state index contributed by atoms with van der Waals surface area (Å²) in [6, 6.07) is 12.9. The summed E-state index contributed by atoms with van der Waals surface area (Å²) in [5.74, 6) is 2.11. The minimum atomic E-state index is 1.33. The van der Waals surface area contributed by atoms with E-state index in [1.807, 2.05) is 0 Å². The van der Waals surface area contributed by atoms with Crippen molar-refractivity contribution in [2.24, 2.45) is 0 Å². The van der Waals surface area contributed by atoms with E-state index in [2.05, 4.69) is 55.7 Å². The number of benzene rings is 2. The molecule has 1 aliphatic rings. The fourth-order valence-electron chi connectivity index (χ4n) is 1.93. The Morgan fingerprint density at radius 2 is 1.77 bits per heavy atom. The number of rotatable bonds is 0. The molecule has 0 amide bonds. The van der Waals surface area contributed by atoms with Crippen LogP contribution in [0.15, 0.2) is 42.4 Å². The Bertz CT molecular complexity index is 492. The maximum atomic E-state index is 2.16. The first-order chi connectivity index (χ1) is 6.45. The molecule has 2 aromatic rings. The van der Waals surface area contributed by atoms with E-state index in [0.29, 0.717) is 0 Å². The molecular formula is C12H8B. The molecule has 0 saturated carbocycles.